The lowest BCUT2D eigenvalue weighted by Crippen LogP contribution is -2.34. The van der Waals surface area contributed by atoms with Gasteiger partial charge in [0.25, 0.3) is 0 Å². The monoisotopic (exact) mass is 242 g/mol. The normalized spacial score (nSPS) is 17.9. The Kier molecular flexibility index (Phi) is 3.36. The largest absolute Gasteiger partial charge is 0.389 e. The molecule has 0 aromatic heterocycles. The fourth-order valence-corrected chi connectivity index (χ4v) is 2.17. The predicted octanol–water partition coefficient (Wildman–Crippen LogP) is 2.43. The maximum absolute atomic E-state index is 9.71. The van der Waals surface area contributed by atoms with Crippen LogP contribution < -0.4 is 5.84 Å². The summed E-state index contributed by atoms with van der Waals surface area (Å²) >= 11 is 0. The van der Waals surface area contributed by atoms with E-state index in [0.29, 0.717) is 5.70 Å². The summed E-state index contributed by atoms with van der Waals surface area (Å²) in [4.78, 5) is 0. The molecule has 0 bridgehead atoms. The van der Waals surface area contributed by atoms with Crippen LogP contribution in [0.3, 0.4) is 0 Å². The number of rotatable bonds is 2. The molecule has 1 aliphatic rings. The molecule has 1 aromatic rings. The van der Waals surface area contributed by atoms with Gasteiger partial charge in [-0.05, 0) is 31.1 Å². The van der Waals surface area contributed by atoms with Crippen LogP contribution in [0.1, 0.15) is 19.4 Å². The molecule has 0 aliphatic carbocycles. The van der Waals surface area contributed by atoms with Crippen molar-refractivity contribution in [1.82, 2.24) is 5.01 Å². The molecule has 1 atom stereocenters. The molecule has 3 heteroatoms. The summed E-state index contributed by atoms with van der Waals surface area (Å²) in [5.41, 5.74) is 4.38. The number of hydrogen-bond acceptors (Lipinski definition) is 3. The van der Waals surface area contributed by atoms with Crippen LogP contribution in [0, 0.1) is 0 Å². The molecule has 0 spiro atoms. The van der Waals surface area contributed by atoms with E-state index in [1.807, 2.05) is 43.3 Å². The van der Waals surface area contributed by atoms with Crippen molar-refractivity contribution in [2.24, 2.45) is 5.84 Å². The van der Waals surface area contributed by atoms with Crippen LogP contribution in [0.4, 0.5) is 0 Å². The first-order valence-electron chi connectivity index (χ1n) is 5.92. The number of nitrogens with two attached hydrogens (primary N) is 1. The molecule has 1 unspecified atom stereocenters. The summed E-state index contributed by atoms with van der Waals surface area (Å²) in [7, 11) is 0. The lowest BCUT2D eigenvalue weighted by Gasteiger charge is -2.32. The molecule has 2 rings (SSSR count). The van der Waals surface area contributed by atoms with Crippen molar-refractivity contribution in [3.8, 4) is 0 Å². The second-order valence-corrected chi connectivity index (χ2v) is 4.49. The SMILES string of the molecule is C=C1C(C(C)O)=CC(C)=C(c2ccccc2)N1N. The molecule has 0 saturated heterocycles. The van der Waals surface area contributed by atoms with Gasteiger partial charge in [-0.3, -0.25) is 5.01 Å². The minimum Gasteiger partial charge on any atom is -0.389 e. The van der Waals surface area contributed by atoms with Gasteiger partial charge in [0.15, 0.2) is 0 Å². The topological polar surface area (TPSA) is 49.5 Å². The standard InChI is InChI=1S/C15H18N2O/c1-10-9-14(12(3)18)11(2)17(16)15(10)13-7-5-4-6-8-13/h4-9,12,18H,2,16H2,1,3H3. The van der Waals surface area contributed by atoms with Gasteiger partial charge in [-0.1, -0.05) is 36.9 Å². The van der Waals surface area contributed by atoms with Gasteiger partial charge in [0.2, 0.25) is 0 Å². The average Bonchev–Trinajstić information content (AvgIpc) is 2.35. The first kappa shape index (κ1) is 12.6. The van der Waals surface area contributed by atoms with Gasteiger partial charge in [0, 0.05) is 5.57 Å². The van der Waals surface area contributed by atoms with Gasteiger partial charge in [-0.15, -0.1) is 0 Å². The van der Waals surface area contributed by atoms with Crippen molar-refractivity contribution >= 4 is 5.70 Å². The Bertz CT molecular complexity index is 527. The van der Waals surface area contributed by atoms with Crippen LogP contribution in [0.25, 0.3) is 5.70 Å². The minimum atomic E-state index is -0.573. The molecule has 3 N–H and O–H groups in total. The summed E-state index contributed by atoms with van der Waals surface area (Å²) in [5.74, 6) is 6.10. The first-order chi connectivity index (χ1) is 8.52. The van der Waals surface area contributed by atoms with Crippen LogP contribution in [0.15, 0.2) is 59.8 Å². The zero-order chi connectivity index (χ0) is 13.3. The summed E-state index contributed by atoms with van der Waals surface area (Å²) in [6, 6.07) is 9.93. The lowest BCUT2D eigenvalue weighted by molar-refractivity contribution is 0.228. The Morgan fingerprint density at radius 3 is 2.44 bits per heavy atom. The van der Waals surface area contributed by atoms with Crippen molar-refractivity contribution in [2.75, 3.05) is 0 Å². The van der Waals surface area contributed by atoms with Gasteiger partial charge < -0.3 is 5.11 Å². The number of hydrogen-bond donors (Lipinski definition) is 2. The second-order valence-electron chi connectivity index (χ2n) is 4.49. The fraction of sp³-hybridized carbons (Fsp3) is 0.200. The Balaban J connectivity index is 2.54. The Morgan fingerprint density at radius 2 is 1.89 bits per heavy atom. The zero-order valence-corrected chi connectivity index (χ0v) is 10.7. The second kappa shape index (κ2) is 4.80. The Labute approximate surface area is 108 Å². The van der Waals surface area contributed by atoms with E-state index in [-0.39, 0.29) is 0 Å². The maximum atomic E-state index is 9.71. The average molecular weight is 242 g/mol. The molecule has 0 radical (unpaired) electrons. The third-order valence-corrected chi connectivity index (χ3v) is 3.11. The Hall–Kier alpha value is -1.84. The molecule has 0 amide bonds. The molecule has 1 heterocycles. The highest BCUT2D eigenvalue weighted by atomic mass is 16.3. The van der Waals surface area contributed by atoms with Crippen LogP contribution in [0.5, 0.6) is 0 Å². The molecule has 18 heavy (non-hydrogen) atoms. The zero-order valence-electron chi connectivity index (χ0n) is 10.7. The fourth-order valence-electron chi connectivity index (χ4n) is 2.17. The van der Waals surface area contributed by atoms with Crippen molar-refractivity contribution in [3.05, 3.63) is 65.4 Å². The summed E-state index contributed by atoms with van der Waals surface area (Å²) < 4.78 is 0. The smallest absolute Gasteiger partial charge is 0.0782 e. The number of benzene rings is 1. The third kappa shape index (κ3) is 2.10. The van der Waals surface area contributed by atoms with Gasteiger partial charge >= 0.3 is 0 Å². The highest BCUT2D eigenvalue weighted by Gasteiger charge is 2.23. The number of nitrogens with zero attached hydrogens (tertiary/aromatic N) is 1. The molecular weight excluding hydrogens is 224 g/mol. The number of aliphatic hydroxyl groups is 1. The summed E-state index contributed by atoms with van der Waals surface area (Å²) in [5, 5.41) is 11.3. The maximum Gasteiger partial charge on any atom is 0.0782 e. The van der Waals surface area contributed by atoms with Crippen molar-refractivity contribution < 1.29 is 5.11 Å². The van der Waals surface area contributed by atoms with Crippen LogP contribution in [-0.2, 0) is 0 Å². The quantitative estimate of drug-likeness (QED) is 0.783. The van der Waals surface area contributed by atoms with Crippen LogP contribution in [0.2, 0.25) is 0 Å². The molecule has 0 saturated carbocycles. The van der Waals surface area contributed by atoms with E-state index in [4.69, 9.17) is 5.84 Å². The van der Waals surface area contributed by atoms with Gasteiger partial charge in [-0.2, -0.15) is 0 Å². The van der Waals surface area contributed by atoms with E-state index < -0.39 is 6.10 Å². The van der Waals surface area contributed by atoms with Gasteiger partial charge in [-0.25, -0.2) is 5.84 Å². The summed E-state index contributed by atoms with van der Waals surface area (Å²) in [6.45, 7) is 7.64. The molecule has 94 valence electrons. The Morgan fingerprint density at radius 1 is 1.28 bits per heavy atom. The van der Waals surface area contributed by atoms with E-state index >= 15 is 0 Å². The number of aliphatic hydroxyl groups excluding tert-OH is 1. The van der Waals surface area contributed by atoms with Crippen molar-refractivity contribution in [1.29, 1.82) is 0 Å². The molecule has 1 aliphatic heterocycles. The highest BCUT2D eigenvalue weighted by molar-refractivity contribution is 5.73. The van der Waals surface area contributed by atoms with Crippen molar-refractivity contribution in [3.63, 3.8) is 0 Å². The van der Waals surface area contributed by atoms with Crippen molar-refractivity contribution in [2.45, 2.75) is 20.0 Å². The number of allylic oxidation sites excluding steroid dienone is 2. The van der Waals surface area contributed by atoms with E-state index in [0.717, 1.165) is 22.4 Å². The first-order valence-corrected chi connectivity index (χ1v) is 5.92. The highest BCUT2D eigenvalue weighted by Crippen LogP contribution is 2.33. The third-order valence-electron chi connectivity index (χ3n) is 3.11. The van der Waals surface area contributed by atoms with E-state index in [2.05, 4.69) is 6.58 Å². The molecule has 1 aromatic carbocycles. The van der Waals surface area contributed by atoms with Crippen LogP contribution in [-0.4, -0.2) is 16.2 Å². The van der Waals surface area contributed by atoms with Crippen LogP contribution >= 0.6 is 0 Å². The number of hydrazine groups is 1. The molecule has 3 nitrogen and oxygen atoms in total. The van der Waals surface area contributed by atoms with Gasteiger partial charge in [0.05, 0.1) is 17.5 Å². The minimum absolute atomic E-state index is 0.573. The van der Waals surface area contributed by atoms with E-state index in [1.165, 1.54) is 0 Å². The van der Waals surface area contributed by atoms with E-state index in [1.54, 1.807) is 11.9 Å². The predicted molar refractivity (Wildman–Crippen MR) is 74.0 cm³/mol. The van der Waals surface area contributed by atoms with Gasteiger partial charge in [0.1, 0.15) is 0 Å². The van der Waals surface area contributed by atoms with E-state index in [9.17, 15) is 5.11 Å². The molecular formula is C15H18N2O. The lowest BCUT2D eigenvalue weighted by atomic mass is 9.96. The molecule has 0 fully saturated rings. The summed E-state index contributed by atoms with van der Waals surface area (Å²) in [6.07, 6.45) is 1.37.